The Labute approximate surface area is 112 Å². The first-order chi connectivity index (χ1) is 8.20. The lowest BCUT2D eigenvalue weighted by Gasteiger charge is -1.99. The summed E-state index contributed by atoms with van der Waals surface area (Å²) < 4.78 is 13.6. The Morgan fingerprint density at radius 1 is 1.47 bits per heavy atom. The van der Waals surface area contributed by atoms with E-state index in [1.165, 1.54) is 6.07 Å². The fourth-order valence-electron chi connectivity index (χ4n) is 1.45. The first kappa shape index (κ1) is 12.7. The summed E-state index contributed by atoms with van der Waals surface area (Å²) in [5.41, 5.74) is 1.84. The Morgan fingerprint density at radius 3 is 3.00 bits per heavy atom. The van der Waals surface area contributed by atoms with Crippen LogP contribution in [0.3, 0.4) is 0 Å². The van der Waals surface area contributed by atoms with E-state index in [-0.39, 0.29) is 5.82 Å². The standard InChI is InChI=1S/C12H12BrFN2S/c1-15-5-4-12-16-11(7-17-12)8-2-3-10(14)9(13)6-8/h2-3,6-7,15H,4-5H2,1H3. The maximum absolute atomic E-state index is 13.1. The van der Waals surface area contributed by atoms with Crippen LogP contribution in [-0.2, 0) is 6.42 Å². The van der Waals surface area contributed by atoms with Crippen molar-refractivity contribution in [2.45, 2.75) is 6.42 Å². The van der Waals surface area contributed by atoms with Gasteiger partial charge in [-0.05, 0) is 41.2 Å². The van der Waals surface area contributed by atoms with E-state index in [2.05, 4.69) is 26.2 Å². The predicted molar refractivity (Wildman–Crippen MR) is 72.8 cm³/mol. The van der Waals surface area contributed by atoms with Gasteiger partial charge in [0.05, 0.1) is 15.2 Å². The van der Waals surface area contributed by atoms with E-state index in [9.17, 15) is 4.39 Å². The summed E-state index contributed by atoms with van der Waals surface area (Å²) in [5, 5.41) is 6.19. The van der Waals surface area contributed by atoms with Crippen molar-refractivity contribution in [3.05, 3.63) is 38.9 Å². The molecule has 1 heterocycles. The quantitative estimate of drug-likeness (QED) is 0.934. The number of halogens is 2. The van der Waals surface area contributed by atoms with Crippen LogP contribution in [0.15, 0.2) is 28.1 Å². The number of thiazole rings is 1. The minimum atomic E-state index is -0.251. The first-order valence-electron chi connectivity index (χ1n) is 5.25. The molecule has 0 aliphatic carbocycles. The van der Waals surface area contributed by atoms with E-state index in [1.807, 2.05) is 12.4 Å². The molecule has 0 atom stereocenters. The van der Waals surface area contributed by atoms with E-state index < -0.39 is 0 Å². The van der Waals surface area contributed by atoms with Gasteiger partial charge in [0.25, 0.3) is 0 Å². The maximum Gasteiger partial charge on any atom is 0.137 e. The molecule has 0 saturated heterocycles. The van der Waals surface area contributed by atoms with Crippen molar-refractivity contribution >= 4 is 27.3 Å². The van der Waals surface area contributed by atoms with Gasteiger partial charge in [0.15, 0.2) is 0 Å². The Balaban J connectivity index is 2.21. The summed E-state index contributed by atoms with van der Waals surface area (Å²) in [7, 11) is 1.92. The van der Waals surface area contributed by atoms with Crippen LogP contribution in [0.25, 0.3) is 11.3 Å². The third kappa shape index (κ3) is 3.12. The number of rotatable bonds is 4. The molecule has 90 valence electrons. The van der Waals surface area contributed by atoms with Crippen LogP contribution in [0.4, 0.5) is 4.39 Å². The lowest BCUT2D eigenvalue weighted by atomic mass is 10.2. The molecular weight excluding hydrogens is 303 g/mol. The van der Waals surface area contributed by atoms with E-state index >= 15 is 0 Å². The van der Waals surface area contributed by atoms with Gasteiger partial charge in [0.2, 0.25) is 0 Å². The number of hydrogen-bond acceptors (Lipinski definition) is 3. The number of aromatic nitrogens is 1. The van der Waals surface area contributed by atoms with Gasteiger partial charge in [-0.15, -0.1) is 11.3 Å². The molecule has 2 aromatic rings. The van der Waals surface area contributed by atoms with Crippen LogP contribution in [0, 0.1) is 5.82 Å². The largest absolute Gasteiger partial charge is 0.319 e. The number of nitrogens with one attached hydrogen (secondary N) is 1. The normalized spacial score (nSPS) is 10.8. The Kier molecular flexibility index (Phi) is 4.25. The van der Waals surface area contributed by atoms with Crippen LogP contribution < -0.4 is 5.32 Å². The van der Waals surface area contributed by atoms with E-state index in [0.29, 0.717) is 4.47 Å². The molecule has 2 nitrogen and oxygen atoms in total. The summed E-state index contributed by atoms with van der Waals surface area (Å²) >= 11 is 4.82. The minimum absolute atomic E-state index is 0.251. The Bertz CT molecular complexity index is 513. The molecule has 1 N–H and O–H groups in total. The molecule has 0 fully saturated rings. The second-order valence-corrected chi connectivity index (χ2v) is 5.41. The summed E-state index contributed by atoms with van der Waals surface area (Å²) in [6, 6.07) is 4.95. The van der Waals surface area contributed by atoms with Crippen molar-refractivity contribution in [1.29, 1.82) is 0 Å². The highest BCUT2D eigenvalue weighted by atomic mass is 79.9. The second-order valence-electron chi connectivity index (χ2n) is 3.61. The summed E-state index contributed by atoms with van der Waals surface area (Å²) in [4.78, 5) is 4.52. The van der Waals surface area contributed by atoms with Gasteiger partial charge in [0, 0.05) is 23.9 Å². The van der Waals surface area contributed by atoms with Crippen LogP contribution in [-0.4, -0.2) is 18.6 Å². The molecule has 0 bridgehead atoms. The predicted octanol–water partition coefficient (Wildman–Crippen LogP) is 3.47. The van der Waals surface area contributed by atoms with Crippen LogP contribution in [0.1, 0.15) is 5.01 Å². The van der Waals surface area contributed by atoms with Crippen molar-refractivity contribution in [3.63, 3.8) is 0 Å². The molecule has 0 spiro atoms. The summed E-state index contributed by atoms with van der Waals surface area (Å²) in [5.74, 6) is -0.251. The molecule has 2 rings (SSSR count). The average molecular weight is 315 g/mol. The van der Waals surface area contributed by atoms with Gasteiger partial charge in [0.1, 0.15) is 5.82 Å². The highest BCUT2D eigenvalue weighted by Gasteiger charge is 2.06. The van der Waals surface area contributed by atoms with Crippen molar-refractivity contribution < 1.29 is 4.39 Å². The summed E-state index contributed by atoms with van der Waals surface area (Å²) in [6.07, 6.45) is 0.920. The zero-order valence-corrected chi connectivity index (χ0v) is 11.7. The number of nitrogens with zero attached hydrogens (tertiary/aromatic N) is 1. The molecule has 0 amide bonds. The SMILES string of the molecule is CNCCc1nc(-c2ccc(F)c(Br)c2)cs1. The zero-order chi connectivity index (χ0) is 12.3. The molecule has 0 aliphatic heterocycles. The molecule has 17 heavy (non-hydrogen) atoms. The van der Waals surface area contributed by atoms with Crippen molar-refractivity contribution in [2.24, 2.45) is 0 Å². The fraction of sp³-hybridized carbons (Fsp3) is 0.250. The lowest BCUT2D eigenvalue weighted by Crippen LogP contribution is -2.09. The zero-order valence-electron chi connectivity index (χ0n) is 9.34. The average Bonchev–Trinajstić information content (AvgIpc) is 2.79. The number of benzene rings is 1. The van der Waals surface area contributed by atoms with Gasteiger partial charge >= 0.3 is 0 Å². The fourth-order valence-corrected chi connectivity index (χ4v) is 2.63. The smallest absolute Gasteiger partial charge is 0.137 e. The molecule has 0 saturated carbocycles. The van der Waals surface area contributed by atoms with Gasteiger partial charge < -0.3 is 5.32 Å². The molecule has 0 radical (unpaired) electrons. The maximum atomic E-state index is 13.1. The molecule has 1 aromatic heterocycles. The Hall–Kier alpha value is -0.780. The summed E-state index contributed by atoms with van der Waals surface area (Å²) in [6.45, 7) is 0.917. The Morgan fingerprint density at radius 2 is 2.29 bits per heavy atom. The van der Waals surface area contributed by atoms with Crippen LogP contribution in [0.2, 0.25) is 0 Å². The van der Waals surface area contributed by atoms with Gasteiger partial charge in [-0.1, -0.05) is 0 Å². The minimum Gasteiger partial charge on any atom is -0.319 e. The van der Waals surface area contributed by atoms with Crippen LogP contribution in [0.5, 0.6) is 0 Å². The van der Waals surface area contributed by atoms with Crippen molar-refractivity contribution in [3.8, 4) is 11.3 Å². The number of likely N-dealkylation sites (N-methyl/N-ethyl adjacent to an activating group) is 1. The lowest BCUT2D eigenvalue weighted by molar-refractivity contribution is 0.621. The van der Waals surface area contributed by atoms with Crippen molar-refractivity contribution in [2.75, 3.05) is 13.6 Å². The van der Waals surface area contributed by atoms with Gasteiger partial charge in [-0.25, -0.2) is 9.37 Å². The van der Waals surface area contributed by atoms with E-state index in [4.69, 9.17) is 0 Å². The van der Waals surface area contributed by atoms with Gasteiger partial charge in [-0.2, -0.15) is 0 Å². The first-order valence-corrected chi connectivity index (χ1v) is 6.92. The topological polar surface area (TPSA) is 24.9 Å². The van der Waals surface area contributed by atoms with E-state index in [0.717, 1.165) is 29.2 Å². The third-order valence-corrected chi connectivity index (χ3v) is 3.87. The molecule has 0 aliphatic rings. The number of hydrogen-bond donors (Lipinski definition) is 1. The highest BCUT2D eigenvalue weighted by Crippen LogP contribution is 2.26. The van der Waals surface area contributed by atoms with Crippen molar-refractivity contribution in [1.82, 2.24) is 10.3 Å². The molecule has 0 unspecified atom stereocenters. The van der Waals surface area contributed by atoms with E-state index in [1.54, 1.807) is 23.5 Å². The second kappa shape index (κ2) is 5.71. The molecule has 5 heteroatoms. The molecular formula is C12H12BrFN2S. The molecule has 1 aromatic carbocycles. The van der Waals surface area contributed by atoms with Crippen LogP contribution >= 0.6 is 27.3 Å². The third-order valence-electron chi connectivity index (χ3n) is 2.36. The monoisotopic (exact) mass is 314 g/mol. The van der Waals surface area contributed by atoms with Gasteiger partial charge in [-0.3, -0.25) is 0 Å². The highest BCUT2D eigenvalue weighted by molar-refractivity contribution is 9.10.